The van der Waals surface area contributed by atoms with Crippen LogP contribution in [0.15, 0.2) is 96.2 Å². The number of phenolic OH excluding ortho intramolecular Hbond substituents is 1. The molecule has 1 aliphatic heterocycles. The molecular formula is C27H24N4O3. The van der Waals surface area contributed by atoms with E-state index in [2.05, 4.69) is 10.6 Å². The quantitative estimate of drug-likeness (QED) is 0.388. The molecule has 3 N–H and O–H groups in total. The van der Waals surface area contributed by atoms with Crippen molar-refractivity contribution < 1.29 is 14.6 Å². The normalized spacial score (nSPS) is 14.8. The van der Waals surface area contributed by atoms with Gasteiger partial charge in [0, 0.05) is 23.0 Å². The number of aromatic hydroxyl groups is 1. The fourth-order valence-corrected chi connectivity index (χ4v) is 4.21. The molecule has 1 atom stereocenters. The van der Waals surface area contributed by atoms with Gasteiger partial charge in [-0.1, -0.05) is 54.6 Å². The third kappa shape index (κ3) is 3.88. The van der Waals surface area contributed by atoms with Crippen LogP contribution in [0.3, 0.4) is 0 Å². The number of aromatic nitrogens is 2. The first-order valence-corrected chi connectivity index (χ1v) is 10.9. The molecule has 0 aliphatic carbocycles. The lowest BCUT2D eigenvalue weighted by atomic mass is 9.94. The molecule has 0 saturated carbocycles. The van der Waals surface area contributed by atoms with E-state index in [9.17, 15) is 9.90 Å². The van der Waals surface area contributed by atoms with E-state index in [0.717, 1.165) is 28.3 Å². The van der Waals surface area contributed by atoms with Gasteiger partial charge in [-0.2, -0.15) is 5.10 Å². The molecule has 3 aromatic carbocycles. The van der Waals surface area contributed by atoms with Crippen LogP contribution in [0.2, 0.25) is 0 Å². The Bertz CT molecular complexity index is 1380. The van der Waals surface area contributed by atoms with Gasteiger partial charge in [-0.15, -0.1) is 0 Å². The third-order valence-corrected chi connectivity index (χ3v) is 5.84. The fourth-order valence-electron chi connectivity index (χ4n) is 4.21. The molecule has 1 amide bonds. The molecule has 1 aliphatic rings. The van der Waals surface area contributed by atoms with Gasteiger partial charge < -0.3 is 20.5 Å². The maximum absolute atomic E-state index is 13.5. The largest absolute Gasteiger partial charge is 0.504 e. The molecule has 0 unspecified atom stereocenters. The molecule has 1 aromatic heterocycles. The highest BCUT2D eigenvalue weighted by atomic mass is 16.5. The highest BCUT2D eigenvalue weighted by Gasteiger charge is 2.34. The number of rotatable bonds is 5. The molecule has 0 radical (unpaired) electrons. The number of ether oxygens (including phenoxy) is 1. The summed E-state index contributed by atoms with van der Waals surface area (Å²) in [5, 5.41) is 21.4. The lowest BCUT2D eigenvalue weighted by Crippen LogP contribution is -2.31. The van der Waals surface area contributed by atoms with Crippen LogP contribution in [0, 0.1) is 0 Å². The van der Waals surface area contributed by atoms with Crippen molar-refractivity contribution in [2.75, 3.05) is 17.7 Å². The molecule has 0 spiro atoms. The number of carbonyl (C=O) groups excluding carboxylic acids is 1. The maximum atomic E-state index is 13.5. The lowest BCUT2D eigenvalue weighted by Gasteiger charge is -2.30. The van der Waals surface area contributed by atoms with Gasteiger partial charge in [-0.05, 0) is 36.8 Å². The van der Waals surface area contributed by atoms with Crippen LogP contribution in [0.4, 0.5) is 11.5 Å². The lowest BCUT2D eigenvalue weighted by molar-refractivity contribution is -0.113. The van der Waals surface area contributed by atoms with Crippen LogP contribution in [-0.4, -0.2) is 27.9 Å². The first-order valence-electron chi connectivity index (χ1n) is 10.9. The summed E-state index contributed by atoms with van der Waals surface area (Å²) in [6.07, 6.45) is 0. The van der Waals surface area contributed by atoms with Crippen LogP contribution in [-0.2, 0) is 4.79 Å². The second-order valence-electron chi connectivity index (χ2n) is 8.04. The predicted molar refractivity (Wildman–Crippen MR) is 132 cm³/mol. The van der Waals surface area contributed by atoms with Crippen molar-refractivity contribution >= 4 is 17.4 Å². The first kappa shape index (κ1) is 21.3. The third-order valence-electron chi connectivity index (χ3n) is 5.84. The zero-order valence-corrected chi connectivity index (χ0v) is 18.8. The van der Waals surface area contributed by atoms with Gasteiger partial charge in [-0.3, -0.25) is 4.79 Å². The van der Waals surface area contributed by atoms with Crippen molar-refractivity contribution in [1.29, 1.82) is 0 Å². The maximum Gasteiger partial charge on any atom is 0.255 e. The minimum atomic E-state index is -0.535. The van der Waals surface area contributed by atoms with Crippen LogP contribution in [0.25, 0.3) is 11.3 Å². The molecule has 34 heavy (non-hydrogen) atoms. The molecule has 5 rings (SSSR count). The number of fused-ring (bicyclic) bond motifs is 1. The highest BCUT2D eigenvalue weighted by molar-refractivity contribution is 6.06. The number of para-hydroxylation sites is 1. The summed E-state index contributed by atoms with van der Waals surface area (Å²) < 4.78 is 7.15. The molecule has 0 bridgehead atoms. The number of anilines is 2. The monoisotopic (exact) mass is 452 g/mol. The Balaban J connectivity index is 1.63. The van der Waals surface area contributed by atoms with Gasteiger partial charge >= 0.3 is 0 Å². The van der Waals surface area contributed by atoms with Crippen molar-refractivity contribution in [2.24, 2.45) is 0 Å². The second-order valence-corrected chi connectivity index (χ2v) is 8.04. The van der Waals surface area contributed by atoms with Gasteiger partial charge in [-0.25, -0.2) is 4.68 Å². The van der Waals surface area contributed by atoms with Gasteiger partial charge in [0.2, 0.25) is 0 Å². The number of amides is 1. The number of nitrogens with zero attached hydrogens (tertiary/aromatic N) is 2. The van der Waals surface area contributed by atoms with Gasteiger partial charge in [0.1, 0.15) is 11.9 Å². The minimum Gasteiger partial charge on any atom is -0.504 e. The summed E-state index contributed by atoms with van der Waals surface area (Å²) in [4.78, 5) is 13.5. The van der Waals surface area contributed by atoms with E-state index >= 15 is 0 Å². The zero-order valence-electron chi connectivity index (χ0n) is 18.8. The van der Waals surface area contributed by atoms with Crippen LogP contribution < -0.4 is 15.4 Å². The standard InChI is InChI=1S/C27H24N4O3/c1-17-25(27(33)29-20-11-7-4-8-12-20)26(19-13-14-22(32)23(15-19)34-2)31-24(28-17)16-21(30-31)18-9-5-3-6-10-18/h3-16,26,28,32H,1-2H3,(H,29,33)/t26-/m0/s1. The number of nitrogens with one attached hydrogen (secondary N) is 2. The Hall–Kier alpha value is -4.52. The SMILES string of the molecule is COc1cc([C@H]2C(C(=O)Nc3ccccc3)=C(C)Nc3cc(-c4ccccc4)nn32)ccc1O. The van der Waals surface area contributed by atoms with E-state index in [4.69, 9.17) is 9.84 Å². The van der Waals surface area contributed by atoms with Crippen molar-refractivity contribution in [3.05, 3.63) is 102 Å². The smallest absolute Gasteiger partial charge is 0.255 e. The van der Waals surface area contributed by atoms with E-state index in [-0.39, 0.29) is 11.7 Å². The molecule has 7 nitrogen and oxygen atoms in total. The Kier molecular flexibility index (Phi) is 5.51. The number of hydrogen-bond donors (Lipinski definition) is 3. The number of hydrogen-bond acceptors (Lipinski definition) is 5. The number of methoxy groups -OCH3 is 1. The zero-order chi connectivity index (χ0) is 23.7. The van der Waals surface area contributed by atoms with Crippen LogP contribution in [0.5, 0.6) is 11.5 Å². The van der Waals surface area contributed by atoms with Crippen molar-refractivity contribution in [2.45, 2.75) is 13.0 Å². The summed E-state index contributed by atoms with van der Waals surface area (Å²) >= 11 is 0. The molecule has 0 saturated heterocycles. The molecular weight excluding hydrogens is 428 g/mol. The average Bonchev–Trinajstić information content (AvgIpc) is 3.28. The Labute approximate surface area is 197 Å². The highest BCUT2D eigenvalue weighted by Crippen LogP contribution is 2.40. The van der Waals surface area contributed by atoms with Gasteiger partial charge in [0.15, 0.2) is 11.5 Å². The topological polar surface area (TPSA) is 88.4 Å². The summed E-state index contributed by atoms with van der Waals surface area (Å²) in [5.41, 5.74) is 4.46. The van der Waals surface area contributed by atoms with Crippen molar-refractivity contribution in [3.8, 4) is 22.8 Å². The van der Waals surface area contributed by atoms with E-state index in [1.54, 1.807) is 22.9 Å². The van der Waals surface area contributed by atoms with E-state index in [1.807, 2.05) is 73.7 Å². The van der Waals surface area contributed by atoms with Gasteiger partial charge in [0.05, 0.1) is 18.4 Å². The van der Waals surface area contributed by atoms with Crippen LogP contribution in [0.1, 0.15) is 18.5 Å². The average molecular weight is 453 g/mol. The number of carbonyl (C=O) groups is 1. The summed E-state index contributed by atoms with van der Waals surface area (Å²) in [6.45, 7) is 1.88. The van der Waals surface area contributed by atoms with E-state index in [1.165, 1.54) is 7.11 Å². The predicted octanol–water partition coefficient (Wildman–Crippen LogP) is 5.19. The fraction of sp³-hybridized carbons (Fsp3) is 0.111. The van der Waals surface area contributed by atoms with E-state index in [0.29, 0.717) is 17.0 Å². The minimum absolute atomic E-state index is 0.0295. The molecule has 0 fully saturated rings. The van der Waals surface area contributed by atoms with Gasteiger partial charge in [0.25, 0.3) is 5.91 Å². The second kappa shape index (κ2) is 8.78. The summed E-state index contributed by atoms with van der Waals surface area (Å²) in [7, 11) is 1.50. The number of allylic oxidation sites excluding steroid dienone is 1. The summed E-state index contributed by atoms with van der Waals surface area (Å²) in [5.74, 6) is 0.885. The summed E-state index contributed by atoms with van der Waals surface area (Å²) in [6, 6.07) is 25.7. The molecule has 4 aromatic rings. The Morgan fingerprint density at radius 1 is 1.03 bits per heavy atom. The van der Waals surface area contributed by atoms with E-state index < -0.39 is 6.04 Å². The molecule has 2 heterocycles. The van der Waals surface area contributed by atoms with Crippen LogP contribution >= 0.6 is 0 Å². The van der Waals surface area contributed by atoms with Crippen molar-refractivity contribution in [3.63, 3.8) is 0 Å². The molecule has 170 valence electrons. The Morgan fingerprint density at radius 2 is 1.74 bits per heavy atom. The number of phenols is 1. The Morgan fingerprint density at radius 3 is 2.44 bits per heavy atom. The van der Waals surface area contributed by atoms with Crippen molar-refractivity contribution in [1.82, 2.24) is 9.78 Å². The number of benzene rings is 3. The molecule has 7 heteroatoms. The first-order chi connectivity index (χ1) is 16.5.